The zero-order valence-electron chi connectivity index (χ0n) is 10.4. The molecule has 0 spiro atoms. The molecule has 2 nitrogen and oxygen atoms in total. The lowest BCUT2D eigenvalue weighted by molar-refractivity contribution is 0.847. The van der Waals surface area contributed by atoms with Gasteiger partial charge in [0.2, 0.25) is 0 Å². The second kappa shape index (κ2) is 4.20. The number of rotatable bonds is 2. The van der Waals surface area contributed by atoms with E-state index in [0.29, 0.717) is 11.8 Å². The van der Waals surface area contributed by atoms with Crippen molar-refractivity contribution in [1.29, 1.82) is 0 Å². The molecule has 0 unspecified atom stereocenters. The third kappa shape index (κ3) is 1.80. The van der Waals surface area contributed by atoms with Gasteiger partial charge in [0.15, 0.2) is 0 Å². The Morgan fingerprint density at radius 2 is 1.62 bits per heavy atom. The quantitative estimate of drug-likeness (QED) is 0.758. The van der Waals surface area contributed by atoms with Gasteiger partial charge in [0.05, 0.1) is 11.7 Å². The van der Waals surface area contributed by atoms with Gasteiger partial charge in [-0.3, -0.25) is 9.97 Å². The second-order valence-corrected chi connectivity index (χ2v) is 4.83. The maximum absolute atomic E-state index is 4.40. The van der Waals surface area contributed by atoms with Crippen LogP contribution in [0.3, 0.4) is 0 Å². The van der Waals surface area contributed by atoms with Crippen LogP contribution in [0.25, 0.3) is 10.9 Å². The van der Waals surface area contributed by atoms with Crippen molar-refractivity contribution in [3.05, 3.63) is 35.8 Å². The Bertz CT molecular complexity index is 458. The molecule has 0 bridgehead atoms. The van der Waals surface area contributed by atoms with Crippen LogP contribution in [0, 0.1) is 0 Å². The summed E-state index contributed by atoms with van der Waals surface area (Å²) in [7, 11) is 0. The molecule has 16 heavy (non-hydrogen) atoms. The van der Waals surface area contributed by atoms with Gasteiger partial charge in [-0.2, -0.15) is 0 Å². The van der Waals surface area contributed by atoms with Crippen LogP contribution in [-0.2, 0) is 0 Å². The first-order valence-corrected chi connectivity index (χ1v) is 5.83. The first-order valence-electron chi connectivity index (χ1n) is 5.83. The predicted octanol–water partition coefficient (Wildman–Crippen LogP) is 3.88. The summed E-state index contributed by atoms with van der Waals surface area (Å²) in [4.78, 5) is 8.68. The van der Waals surface area contributed by atoms with Crippen LogP contribution in [-0.4, -0.2) is 9.97 Å². The van der Waals surface area contributed by atoms with Crippen LogP contribution in [0.1, 0.15) is 50.7 Å². The first-order chi connectivity index (χ1) is 7.61. The third-order valence-electron chi connectivity index (χ3n) is 2.96. The van der Waals surface area contributed by atoms with Gasteiger partial charge in [-0.1, -0.05) is 27.7 Å². The van der Waals surface area contributed by atoms with Crippen molar-refractivity contribution >= 4 is 10.9 Å². The van der Waals surface area contributed by atoms with E-state index in [9.17, 15) is 0 Å². The number of aromatic nitrogens is 2. The Morgan fingerprint density at radius 3 is 2.25 bits per heavy atom. The fourth-order valence-corrected chi connectivity index (χ4v) is 2.08. The lowest BCUT2D eigenvalue weighted by atomic mass is 9.92. The Labute approximate surface area is 96.7 Å². The van der Waals surface area contributed by atoms with Crippen LogP contribution in [0.5, 0.6) is 0 Å². The van der Waals surface area contributed by atoms with E-state index in [4.69, 9.17) is 0 Å². The van der Waals surface area contributed by atoms with Crippen molar-refractivity contribution in [3.8, 4) is 0 Å². The van der Waals surface area contributed by atoms with Crippen molar-refractivity contribution < 1.29 is 0 Å². The monoisotopic (exact) mass is 214 g/mol. The molecule has 0 atom stereocenters. The summed E-state index contributed by atoms with van der Waals surface area (Å²) in [5.74, 6) is 1.00. The Morgan fingerprint density at radius 1 is 0.938 bits per heavy atom. The van der Waals surface area contributed by atoms with Crippen molar-refractivity contribution in [3.63, 3.8) is 0 Å². The van der Waals surface area contributed by atoms with E-state index >= 15 is 0 Å². The Balaban J connectivity index is 2.82. The maximum atomic E-state index is 4.40. The molecule has 0 N–H and O–H groups in total. The number of hydrogen-bond donors (Lipinski definition) is 0. The van der Waals surface area contributed by atoms with E-state index in [1.165, 1.54) is 16.5 Å². The van der Waals surface area contributed by atoms with E-state index in [-0.39, 0.29) is 0 Å². The van der Waals surface area contributed by atoms with Gasteiger partial charge in [0, 0.05) is 17.8 Å². The molecule has 0 saturated heterocycles. The van der Waals surface area contributed by atoms with E-state index in [1.54, 1.807) is 0 Å². The summed E-state index contributed by atoms with van der Waals surface area (Å²) < 4.78 is 0. The number of nitrogens with zero attached hydrogens (tertiary/aromatic N) is 2. The zero-order chi connectivity index (χ0) is 11.7. The molecule has 84 valence electrons. The van der Waals surface area contributed by atoms with Gasteiger partial charge in [0.25, 0.3) is 0 Å². The maximum Gasteiger partial charge on any atom is 0.0890 e. The predicted molar refractivity (Wildman–Crippen MR) is 67.7 cm³/mol. The van der Waals surface area contributed by atoms with Crippen molar-refractivity contribution in [2.45, 2.75) is 39.5 Å². The van der Waals surface area contributed by atoms with E-state index in [2.05, 4.69) is 43.7 Å². The molecule has 2 rings (SSSR count). The number of pyridine rings is 2. The minimum Gasteiger partial charge on any atom is -0.262 e. The van der Waals surface area contributed by atoms with E-state index in [0.717, 1.165) is 5.52 Å². The Hall–Kier alpha value is -1.44. The molecule has 0 aliphatic carbocycles. The minimum absolute atomic E-state index is 0.484. The second-order valence-electron chi connectivity index (χ2n) is 4.83. The lowest BCUT2D eigenvalue weighted by Gasteiger charge is -2.14. The van der Waals surface area contributed by atoms with Crippen molar-refractivity contribution in [2.75, 3.05) is 0 Å². The normalized spacial score (nSPS) is 11.6. The molecule has 2 heteroatoms. The van der Waals surface area contributed by atoms with Crippen LogP contribution in [0.15, 0.2) is 24.7 Å². The molecule has 2 aromatic heterocycles. The van der Waals surface area contributed by atoms with Crippen LogP contribution in [0.4, 0.5) is 0 Å². The largest absolute Gasteiger partial charge is 0.262 e. The fourth-order valence-electron chi connectivity index (χ4n) is 2.08. The van der Waals surface area contributed by atoms with Gasteiger partial charge in [-0.15, -0.1) is 0 Å². The topological polar surface area (TPSA) is 25.8 Å². The van der Waals surface area contributed by atoms with Crippen molar-refractivity contribution in [2.24, 2.45) is 0 Å². The van der Waals surface area contributed by atoms with Crippen LogP contribution < -0.4 is 0 Å². The molecule has 0 aliphatic heterocycles. The smallest absolute Gasteiger partial charge is 0.0890 e. The summed E-state index contributed by atoms with van der Waals surface area (Å²) in [6, 6.07) is 2.12. The highest BCUT2D eigenvalue weighted by Gasteiger charge is 2.12. The molecule has 0 amide bonds. The van der Waals surface area contributed by atoms with Gasteiger partial charge >= 0.3 is 0 Å². The summed E-state index contributed by atoms with van der Waals surface area (Å²) in [6.45, 7) is 8.85. The SMILES string of the molecule is CC(C)c1ccnc2cncc(C(C)C)c12. The van der Waals surface area contributed by atoms with Crippen molar-refractivity contribution in [1.82, 2.24) is 9.97 Å². The summed E-state index contributed by atoms with van der Waals surface area (Å²) >= 11 is 0. The molecular weight excluding hydrogens is 196 g/mol. The highest BCUT2D eigenvalue weighted by Crippen LogP contribution is 2.30. The van der Waals surface area contributed by atoms with Gasteiger partial charge in [-0.25, -0.2) is 0 Å². The average Bonchev–Trinajstić information content (AvgIpc) is 2.27. The van der Waals surface area contributed by atoms with Gasteiger partial charge < -0.3 is 0 Å². The standard InChI is InChI=1S/C14H18N2/c1-9(2)11-5-6-16-13-8-15-7-12(10(3)4)14(11)13/h5-10H,1-4H3. The van der Waals surface area contributed by atoms with E-state index in [1.807, 2.05) is 18.6 Å². The highest BCUT2D eigenvalue weighted by atomic mass is 14.7. The molecule has 0 aromatic carbocycles. The highest BCUT2D eigenvalue weighted by molar-refractivity contribution is 5.85. The van der Waals surface area contributed by atoms with Crippen LogP contribution in [0.2, 0.25) is 0 Å². The molecule has 0 radical (unpaired) electrons. The lowest BCUT2D eigenvalue weighted by Crippen LogP contribution is -1.98. The van der Waals surface area contributed by atoms with Gasteiger partial charge in [0.1, 0.15) is 0 Å². The zero-order valence-corrected chi connectivity index (χ0v) is 10.4. The molecule has 2 heterocycles. The summed E-state index contributed by atoms with van der Waals surface area (Å²) in [5.41, 5.74) is 3.68. The molecule has 2 aromatic rings. The summed E-state index contributed by atoms with van der Waals surface area (Å²) in [5, 5.41) is 1.29. The fraction of sp³-hybridized carbons (Fsp3) is 0.429. The molecule has 0 saturated carbocycles. The third-order valence-corrected chi connectivity index (χ3v) is 2.96. The molecule has 0 aliphatic rings. The summed E-state index contributed by atoms with van der Waals surface area (Å²) in [6.07, 6.45) is 5.71. The molecular formula is C14H18N2. The first kappa shape index (κ1) is 11.1. The van der Waals surface area contributed by atoms with E-state index < -0.39 is 0 Å². The average molecular weight is 214 g/mol. The van der Waals surface area contributed by atoms with Crippen LogP contribution >= 0.6 is 0 Å². The minimum atomic E-state index is 0.484. The number of hydrogen-bond acceptors (Lipinski definition) is 2. The molecule has 0 fully saturated rings. The number of fused-ring (bicyclic) bond motifs is 1. The Kier molecular flexibility index (Phi) is 2.90. The van der Waals surface area contributed by atoms with Gasteiger partial charge in [-0.05, 0) is 29.0 Å².